The average molecular weight is 277 g/mol. The maximum absolute atomic E-state index is 11.5. The van der Waals surface area contributed by atoms with E-state index in [0.29, 0.717) is 0 Å². The van der Waals surface area contributed by atoms with Crippen molar-refractivity contribution in [3.63, 3.8) is 0 Å². The lowest BCUT2D eigenvalue weighted by Crippen LogP contribution is -2.39. The molecule has 3 rings (SSSR count). The van der Waals surface area contributed by atoms with Crippen LogP contribution in [-0.4, -0.2) is 20.2 Å². The zero-order valence-corrected chi connectivity index (χ0v) is 12.1. The molecule has 4 heteroatoms. The van der Waals surface area contributed by atoms with Gasteiger partial charge in [-0.25, -0.2) is 8.42 Å². The van der Waals surface area contributed by atoms with Gasteiger partial charge in [0.25, 0.3) is 0 Å². The predicted molar refractivity (Wildman–Crippen MR) is 76.5 cm³/mol. The molecule has 1 aromatic rings. The van der Waals surface area contributed by atoms with Crippen LogP contribution in [0, 0.1) is 5.41 Å². The molecule has 0 spiro atoms. The molecule has 1 aliphatic heterocycles. The molecule has 0 bridgehead atoms. The van der Waals surface area contributed by atoms with Gasteiger partial charge in [0.15, 0.2) is 9.84 Å². The highest BCUT2D eigenvalue weighted by atomic mass is 32.2. The maximum atomic E-state index is 11.5. The highest BCUT2D eigenvalue weighted by Gasteiger charge is 2.40. The van der Waals surface area contributed by atoms with E-state index in [4.69, 9.17) is 0 Å². The van der Waals surface area contributed by atoms with Crippen molar-refractivity contribution in [2.45, 2.75) is 32.4 Å². The van der Waals surface area contributed by atoms with Crippen molar-refractivity contribution in [3.05, 3.63) is 46.9 Å². The zero-order chi connectivity index (χ0) is 13.7. The van der Waals surface area contributed by atoms with Crippen LogP contribution in [0.5, 0.6) is 0 Å². The molecule has 0 radical (unpaired) electrons. The maximum Gasteiger partial charge on any atom is 0.173 e. The Morgan fingerprint density at radius 3 is 2.68 bits per heavy atom. The minimum atomic E-state index is -2.99. The molecule has 1 aromatic carbocycles. The van der Waals surface area contributed by atoms with Crippen molar-refractivity contribution in [1.82, 2.24) is 5.32 Å². The number of rotatable bonds is 2. The van der Waals surface area contributed by atoms with E-state index in [-0.39, 0.29) is 23.3 Å². The Bertz CT molecular complexity index is 631. The fourth-order valence-corrected chi connectivity index (χ4v) is 4.45. The normalized spacial score (nSPS) is 30.4. The van der Waals surface area contributed by atoms with Crippen LogP contribution in [0.3, 0.4) is 0 Å². The standard InChI is InChI=1S/C15H19NO2S/c1-15(2)9-11-5-3-4-6-13(11)14(15)16-12-7-8-19(17,18)10-12/h3-8,12,14,16H,9-10H2,1-2H3. The number of hydrogen-bond acceptors (Lipinski definition) is 3. The lowest BCUT2D eigenvalue weighted by Gasteiger charge is -2.30. The lowest BCUT2D eigenvalue weighted by molar-refractivity contribution is 0.262. The second-order valence-corrected chi connectivity index (χ2v) is 8.16. The van der Waals surface area contributed by atoms with E-state index in [9.17, 15) is 8.42 Å². The minimum absolute atomic E-state index is 0.0690. The third-order valence-electron chi connectivity index (χ3n) is 4.10. The van der Waals surface area contributed by atoms with E-state index in [1.807, 2.05) is 0 Å². The molecule has 102 valence electrons. The molecule has 0 saturated heterocycles. The van der Waals surface area contributed by atoms with E-state index in [2.05, 4.69) is 43.4 Å². The number of hydrogen-bond donors (Lipinski definition) is 1. The molecular weight excluding hydrogens is 258 g/mol. The van der Waals surface area contributed by atoms with Gasteiger partial charge in [0.2, 0.25) is 0 Å². The van der Waals surface area contributed by atoms with Crippen molar-refractivity contribution in [2.24, 2.45) is 5.41 Å². The second-order valence-electron chi connectivity index (χ2n) is 6.23. The summed E-state index contributed by atoms with van der Waals surface area (Å²) in [5.74, 6) is 0.182. The Morgan fingerprint density at radius 2 is 2.00 bits per heavy atom. The smallest absolute Gasteiger partial charge is 0.173 e. The first-order valence-corrected chi connectivity index (χ1v) is 8.34. The van der Waals surface area contributed by atoms with Gasteiger partial charge < -0.3 is 5.32 Å². The third-order valence-corrected chi connectivity index (χ3v) is 5.50. The number of nitrogens with one attached hydrogen (secondary N) is 1. The molecule has 2 atom stereocenters. The molecule has 19 heavy (non-hydrogen) atoms. The van der Waals surface area contributed by atoms with Crippen molar-refractivity contribution in [3.8, 4) is 0 Å². The van der Waals surface area contributed by atoms with Gasteiger partial charge in [-0.3, -0.25) is 0 Å². The first-order chi connectivity index (χ1) is 8.87. The molecule has 0 saturated carbocycles. The van der Waals surface area contributed by atoms with Crippen LogP contribution >= 0.6 is 0 Å². The number of sulfone groups is 1. The second kappa shape index (κ2) is 4.18. The molecule has 1 heterocycles. The van der Waals surface area contributed by atoms with Gasteiger partial charge >= 0.3 is 0 Å². The Kier molecular flexibility index (Phi) is 2.84. The summed E-state index contributed by atoms with van der Waals surface area (Å²) in [6, 6.07) is 8.58. The van der Waals surface area contributed by atoms with Crippen molar-refractivity contribution >= 4 is 9.84 Å². The van der Waals surface area contributed by atoms with Crippen LogP contribution in [-0.2, 0) is 16.3 Å². The number of benzene rings is 1. The van der Waals surface area contributed by atoms with Crippen LogP contribution < -0.4 is 5.32 Å². The highest BCUT2D eigenvalue weighted by Crippen LogP contribution is 2.45. The van der Waals surface area contributed by atoms with Gasteiger partial charge in [-0.05, 0) is 23.0 Å². The molecule has 3 nitrogen and oxygen atoms in total. The molecule has 0 fully saturated rings. The SMILES string of the molecule is CC1(C)Cc2ccccc2C1NC1C=CS(=O)(=O)C1. The van der Waals surface area contributed by atoms with Crippen LogP contribution in [0.4, 0.5) is 0 Å². The van der Waals surface area contributed by atoms with Crippen LogP contribution in [0.2, 0.25) is 0 Å². The van der Waals surface area contributed by atoms with Crippen LogP contribution in [0.15, 0.2) is 35.7 Å². The van der Waals surface area contributed by atoms with Gasteiger partial charge in [-0.15, -0.1) is 0 Å². The van der Waals surface area contributed by atoms with E-state index in [1.165, 1.54) is 16.5 Å². The van der Waals surface area contributed by atoms with E-state index < -0.39 is 9.84 Å². The molecule has 2 aliphatic rings. The van der Waals surface area contributed by atoms with Gasteiger partial charge in [0.05, 0.1) is 5.75 Å². The van der Waals surface area contributed by atoms with Crippen molar-refractivity contribution < 1.29 is 8.42 Å². The molecule has 0 aromatic heterocycles. The van der Waals surface area contributed by atoms with Gasteiger partial charge in [0.1, 0.15) is 0 Å². The fourth-order valence-electron chi connectivity index (χ4n) is 3.20. The largest absolute Gasteiger partial charge is 0.302 e. The first-order valence-electron chi connectivity index (χ1n) is 6.62. The minimum Gasteiger partial charge on any atom is -0.302 e. The van der Waals surface area contributed by atoms with Crippen molar-refractivity contribution in [2.75, 3.05) is 5.75 Å². The monoisotopic (exact) mass is 277 g/mol. The zero-order valence-electron chi connectivity index (χ0n) is 11.3. The third kappa shape index (κ3) is 2.35. The quantitative estimate of drug-likeness (QED) is 0.901. The highest BCUT2D eigenvalue weighted by molar-refractivity contribution is 7.94. The summed E-state index contributed by atoms with van der Waals surface area (Å²) in [6.07, 6.45) is 2.80. The summed E-state index contributed by atoms with van der Waals surface area (Å²) >= 11 is 0. The summed E-state index contributed by atoms with van der Waals surface area (Å²) < 4.78 is 23.0. The summed E-state index contributed by atoms with van der Waals surface area (Å²) in [6.45, 7) is 4.47. The molecule has 2 unspecified atom stereocenters. The Balaban J connectivity index is 1.86. The van der Waals surface area contributed by atoms with Crippen molar-refractivity contribution in [1.29, 1.82) is 0 Å². The van der Waals surface area contributed by atoms with Gasteiger partial charge in [0, 0.05) is 17.5 Å². The Labute approximate surface area is 114 Å². The van der Waals surface area contributed by atoms with Crippen LogP contribution in [0.25, 0.3) is 0 Å². The molecule has 1 aliphatic carbocycles. The Hall–Kier alpha value is -1.13. The summed E-state index contributed by atoms with van der Waals surface area (Å²) in [4.78, 5) is 0. The summed E-state index contributed by atoms with van der Waals surface area (Å²) in [7, 11) is -2.99. The van der Waals surface area contributed by atoms with E-state index >= 15 is 0 Å². The summed E-state index contributed by atoms with van der Waals surface area (Å²) in [5, 5.41) is 4.85. The molecular formula is C15H19NO2S. The first kappa shape index (κ1) is 12.9. The van der Waals surface area contributed by atoms with E-state index in [0.717, 1.165) is 6.42 Å². The van der Waals surface area contributed by atoms with Gasteiger partial charge in [-0.1, -0.05) is 44.2 Å². The van der Waals surface area contributed by atoms with Crippen LogP contribution in [0.1, 0.15) is 31.0 Å². The molecule has 0 amide bonds. The number of fused-ring (bicyclic) bond motifs is 1. The predicted octanol–water partition coefficient (Wildman–Crippen LogP) is 2.21. The topological polar surface area (TPSA) is 46.2 Å². The summed E-state index contributed by atoms with van der Waals surface area (Å²) in [5.41, 5.74) is 2.80. The van der Waals surface area contributed by atoms with Gasteiger partial charge in [-0.2, -0.15) is 0 Å². The Morgan fingerprint density at radius 1 is 1.26 bits per heavy atom. The van der Waals surface area contributed by atoms with E-state index in [1.54, 1.807) is 6.08 Å². The molecule has 1 N–H and O–H groups in total. The fraction of sp³-hybridized carbons (Fsp3) is 0.467. The average Bonchev–Trinajstić information content (AvgIpc) is 2.77. The lowest BCUT2D eigenvalue weighted by atomic mass is 9.85.